The molecule has 2 atom stereocenters. The van der Waals surface area contributed by atoms with E-state index in [1.165, 1.54) is 4.68 Å². The van der Waals surface area contributed by atoms with Gasteiger partial charge in [-0.3, -0.25) is 14.7 Å². The van der Waals surface area contributed by atoms with Crippen molar-refractivity contribution in [3.63, 3.8) is 0 Å². The van der Waals surface area contributed by atoms with Crippen molar-refractivity contribution in [1.82, 2.24) is 20.4 Å². The van der Waals surface area contributed by atoms with Gasteiger partial charge in [0.2, 0.25) is 0 Å². The Hall–Kier alpha value is -3.57. The van der Waals surface area contributed by atoms with Crippen LogP contribution in [0.1, 0.15) is 25.1 Å². The number of amides is 1. The van der Waals surface area contributed by atoms with Crippen molar-refractivity contribution in [2.45, 2.75) is 25.6 Å². The van der Waals surface area contributed by atoms with Crippen molar-refractivity contribution < 1.29 is 9.53 Å². The number of hydrogen-bond acceptors (Lipinski definition) is 5. The first-order valence-electron chi connectivity index (χ1n) is 9.28. The van der Waals surface area contributed by atoms with Crippen molar-refractivity contribution >= 4 is 5.91 Å². The number of nitriles is 1. The summed E-state index contributed by atoms with van der Waals surface area (Å²) in [6, 6.07) is 8.88. The van der Waals surface area contributed by atoms with E-state index in [1.807, 2.05) is 6.92 Å². The molecular weight excluding hydrogens is 370 g/mol. The van der Waals surface area contributed by atoms with Gasteiger partial charge in [-0.15, -0.1) is 0 Å². The predicted octanol–water partition coefficient (Wildman–Crippen LogP) is 1.80. The average molecular weight is 393 g/mol. The lowest BCUT2D eigenvalue weighted by molar-refractivity contribution is -0.117. The molecule has 8 heteroatoms. The smallest absolute Gasteiger partial charge is 0.276 e. The van der Waals surface area contributed by atoms with Crippen LogP contribution in [0.4, 0.5) is 0 Å². The molecule has 0 fully saturated rings. The number of H-pyrrole nitrogens is 1. The van der Waals surface area contributed by atoms with Gasteiger partial charge in [0.1, 0.15) is 6.17 Å². The summed E-state index contributed by atoms with van der Waals surface area (Å²) in [7, 11) is 1.63. The maximum Gasteiger partial charge on any atom is 0.276 e. The molecule has 3 rings (SSSR count). The van der Waals surface area contributed by atoms with Crippen LogP contribution in [-0.4, -0.2) is 35.4 Å². The summed E-state index contributed by atoms with van der Waals surface area (Å²) in [5.41, 5.74) is 2.05. The summed E-state index contributed by atoms with van der Waals surface area (Å²) >= 11 is 0. The fourth-order valence-electron chi connectivity index (χ4n) is 2.97. The molecule has 1 aromatic heterocycles. The number of hydrogen-bond donors (Lipinski definition) is 3. The maximum atomic E-state index is 12.8. The standard InChI is InChI=1S/C21H23N5O3/c1-14(9-10-29-2)25-20(27)17-7-8-19(23-12-17)26-21(28)18(13-24-26)16-5-3-15(11-22)4-6-16/h3-8,12-14,19,23-24H,9-10H2,1-2H3,(H,25,27). The van der Waals surface area contributed by atoms with E-state index >= 15 is 0 Å². The van der Waals surface area contributed by atoms with Crippen LogP contribution < -0.4 is 16.2 Å². The minimum atomic E-state index is -0.433. The fourth-order valence-corrected chi connectivity index (χ4v) is 2.97. The lowest BCUT2D eigenvalue weighted by Crippen LogP contribution is -2.36. The van der Waals surface area contributed by atoms with E-state index in [1.54, 1.807) is 55.9 Å². The van der Waals surface area contributed by atoms with E-state index in [-0.39, 0.29) is 17.5 Å². The monoisotopic (exact) mass is 393 g/mol. The number of nitrogens with zero attached hydrogens (tertiary/aromatic N) is 2. The number of dihydropyridines is 1. The first-order valence-corrected chi connectivity index (χ1v) is 9.28. The zero-order valence-corrected chi connectivity index (χ0v) is 16.3. The Balaban J connectivity index is 1.67. The quantitative estimate of drug-likeness (QED) is 0.664. The molecule has 0 saturated carbocycles. The largest absolute Gasteiger partial charge is 0.385 e. The van der Waals surface area contributed by atoms with Crippen LogP contribution in [0.5, 0.6) is 0 Å². The van der Waals surface area contributed by atoms with E-state index in [0.717, 1.165) is 12.0 Å². The number of ether oxygens (including phenoxy) is 1. The van der Waals surface area contributed by atoms with E-state index in [0.29, 0.717) is 23.3 Å². The van der Waals surface area contributed by atoms with Gasteiger partial charge in [-0.2, -0.15) is 5.26 Å². The van der Waals surface area contributed by atoms with Crippen LogP contribution in [0.25, 0.3) is 11.1 Å². The Bertz CT molecular complexity index is 1020. The average Bonchev–Trinajstić information content (AvgIpc) is 3.13. The van der Waals surface area contributed by atoms with Crippen molar-refractivity contribution in [2.24, 2.45) is 0 Å². The molecule has 8 nitrogen and oxygen atoms in total. The summed E-state index contributed by atoms with van der Waals surface area (Å²) < 4.78 is 6.46. The third-order valence-corrected chi connectivity index (χ3v) is 4.66. The first-order chi connectivity index (χ1) is 14.0. The summed E-state index contributed by atoms with van der Waals surface area (Å²) in [4.78, 5) is 25.1. The lowest BCUT2D eigenvalue weighted by atomic mass is 10.1. The maximum absolute atomic E-state index is 12.8. The number of aromatic nitrogens is 2. The lowest BCUT2D eigenvalue weighted by Gasteiger charge is -2.20. The molecule has 0 bridgehead atoms. The Morgan fingerprint density at radius 2 is 2.14 bits per heavy atom. The molecule has 1 aliphatic rings. The van der Waals surface area contributed by atoms with Crippen LogP contribution in [0.2, 0.25) is 0 Å². The molecule has 1 aliphatic heterocycles. The molecule has 0 saturated heterocycles. The van der Waals surface area contributed by atoms with Crippen LogP contribution >= 0.6 is 0 Å². The number of aromatic amines is 1. The highest BCUT2D eigenvalue weighted by molar-refractivity contribution is 5.96. The SMILES string of the molecule is COCCC(C)NC(=O)C1=CNC(n2[nH]cc(-c3ccc(C#N)cc3)c2=O)C=C1. The normalized spacial score (nSPS) is 16.4. The van der Waals surface area contributed by atoms with Gasteiger partial charge >= 0.3 is 0 Å². The second-order valence-corrected chi connectivity index (χ2v) is 6.78. The van der Waals surface area contributed by atoms with Crippen molar-refractivity contribution in [2.75, 3.05) is 13.7 Å². The second kappa shape index (κ2) is 9.08. The summed E-state index contributed by atoms with van der Waals surface area (Å²) in [6.07, 6.45) is 6.95. The number of carbonyl (C=O) groups is 1. The van der Waals surface area contributed by atoms with Gasteiger partial charge < -0.3 is 15.4 Å². The summed E-state index contributed by atoms with van der Waals surface area (Å²) in [5, 5.41) is 17.8. The molecule has 150 valence electrons. The highest BCUT2D eigenvalue weighted by Gasteiger charge is 2.19. The highest BCUT2D eigenvalue weighted by Crippen LogP contribution is 2.17. The number of rotatable bonds is 7. The summed E-state index contributed by atoms with van der Waals surface area (Å²) in [6.45, 7) is 2.50. The number of methoxy groups -OCH3 is 1. The van der Waals surface area contributed by atoms with Crippen molar-refractivity contribution in [1.29, 1.82) is 5.26 Å². The minimum absolute atomic E-state index is 0.00419. The number of carbonyl (C=O) groups excluding carboxylic acids is 1. The molecule has 0 spiro atoms. The van der Waals surface area contributed by atoms with Crippen LogP contribution in [0, 0.1) is 11.3 Å². The van der Waals surface area contributed by atoms with Gasteiger partial charge in [0, 0.05) is 32.2 Å². The molecule has 3 N–H and O–H groups in total. The van der Waals surface area contributed by atoms with E-state index in [4.69, 9.17) is 10.00 Å². The van der Waals surface area contributed by atoms with Crippen LogP contribution in [0.3, 0.4) is 0 Å². The van der Waals surface area contributed by atoms with Gasteiger partial charge in [-0.05, 0) is 43.2 Å². The third kappa shape index (κ3) is 4.65. The Labute approximate surface area is 168 Å². The predicted molar refractivity (Wildman–Crippen MR) is 109 cm³/mol. The molecule has 2 aromatic rings. The first kappa shape index (κ1) is 20.2. The van der Waals surface area contributed by atoms with E-state index in [2.05, 4.69) is 21.8 Å². The molecule has 1 aromatic carbocycles. The van der Waals surface area contributed by atoms with Crippen molar-refractivity contribution in [3.05, 3.63) is 70.3 Å². The number of nitrogens with one attached hydrogen (secondary N) is 3. The zero-order chi connectivity index (χ0) is 20.8. The fraction of sp³-hybridized carbons (Fsp3) is 0.286. The molecule has 2 unspecified atom stereocenters. The van der Waals surface area contributed by atoms with Gasteiger partial charge in [-0.25, -0.2) is 4.68 Å². The topological polar surface area (TPSA) is 112 Å². The zero-order valence-electron chi connectivity index (χ0n) is 16.3. The van der Waals surface area contributed by atoms with Gasteiger partial charge in [0.25, 0.3) is 11.5 Å². The van der Waals surface area contributed by atoms with Gasteiger partial charge in [0.05, 0.1) is 22.8 Å². The Morgan fingerprint density at radius 1 is 1.38 bits per heavy atom. The Morgan fingerprint density at radius 3 is 2.76 bits per heavy atom. The van der Waals surface area contributed by atoms with Crippen LogP contribution in [-0.2, 0) is 9.53 Å². The van der Waals surface area contributed by atoms with E-state index in [9.17, 15) is 9.59 Å². The van der Waals surface area contributed by atoms with Gasteiger partial charge in [-0.1, -0.05) is 12.1 Å². The van der Waals surface area contributed by atoms with E-state index < -0.39 is 6.17 Å². The molecule has 1 amide bonds. The summed E-state index contributed by atoms with van der Waals surface area (Å²) in [5.74, 6) is -0.187. The molecule has 2 heterocycles. The third-order valence-electron chi connectivity index (χ3n) is 4.66. The van der Waals surface area contributed by atoms with Gasteiger partial charge in [0.15, 0.2) is 0 Å². The molecule has 0 radical (unpaired) electrons. The molecule has 29 heavy (non-hydrogen) atoms. The molecular formula is C21H23N5O3. The van der Waals surface area contributed by atoms with Crippen LogP contribution in [0.15, 0.2) is 59.2 Å². The number of benzene rings is 1. The Kier molecular flexibility index (Phi) is 6.32. The van der Waals surface area contributed by atoms with Crippen molar-refractivity contribution in [3.8, 4) is 17.2 Å². The highest BCUT2D eigenvalue weighted by atomic mass is 16.5. The molecule has 0 aliphatic carbocycles. The second-order valence-electron chi connectivity index (χ2n) is 6.78. The minimum Gasteiger partial charge on any atom is -0.385 e.